The minimum absolute atomic E-state index is 0.114. The molecule has 12 nitrogen and oxygen atoms in total. The molecule has 13 heteroatoms. The van der Waals surface area contributed by atoms with Crippen LogP contribution in [0.15, 0.2) is 48.7 Å². The van der Waals surface area contributed by atoms with E-state index in [9.17, 15) is 24.6 Å². The van der Waals surface area contributed by atoms with Crippen molar-refractivity contribution >= 4 is 35.4 Å². The predicted octanol–water partition coefficient (Wildman–Crippen LogP) is 7.52. The Kier molecular flexibility index (Phi) is 12.4. The number of hydrogen-bond acceptors (Lipinski definition) is 8. The van der Waals surface area contributed by atoms with Crippen LogP contribution in [0.25, 0.3) is 23.0 Å². The van der Waals surface area contributed by atoms with E-state index in [0.29, 0.717) is 60.4 Å². The second-order valence-electron chi connectivity index (χ2n) is 16.1. The van der Waals surface area contributed by atoms with Gasteiger partial charge in [0.05, 0.1) is 18.7 Å². The summed E-state index contributed by atoms with van der Waals surface area (Å²) in [6.45, 7) is 7.36. The Labute approximate surface area is 338 Å². The lowest BCUT2D eigenvalue weighted by Gasteiger charge is -2.33. The molecule has 3 aliphatic rings. The molecule has 0 spiro atoms. The number of nitrogens with one attached hydrogen (secondary N) is 1. The lowest BCUT2D eigenvalue weighted by molar-refractivity contribution is -0.145. The topological polar surface area (TPSA) is 150 Å². The average Bonchev–Trinajstić information content (AvgIpc) is 3.55. The third-order valence-corrected chi connectivity index (χ3v) is 12.5. The Hall–Kier alpha value is -5.40. The quantitative estimate of drug-likeness (QED) is 0.132. The van der Waals surface area contributed by atoms with Crippen LogP contribution in [0.4, 0.5) is 10.1 Å². The van der Waals surface area contributed by atoms with Gasteiger partial charge in [-0.05, 0) is 105 Å². The van der Waals surface area contributed by atoms with Gasteiger partial charge < -0.3 is 24.8 Å². The maximum Gasteiger partial charge on any atom is 0.320 e. The van der Waals surface area contributed by atoms with Gasteiger partial charge in [-0.25, -0.2) is 9.37 Å². The number of likely N-dealkylation sites (tertiary alicyclic amines) is 1. The number of carboxylic acids is 2. The molecule has 1 aliphatic carbocycles. The monoisotopic (exact) mass is 792 g/mol. The maximum atomic E-state index is 15.9. The normalized spacial score (nSPS) is 20.4. The zero-order chi connectivity index (χ0) is 41.1. The van der Waals surface area contributed by atoms with E-state index in [-0.39, 0.29) is 17.5 Å². The van der Waals surface area contributed by atoms with E-state index in [4.69, 9.17) is 9.72 Å². The van der Waals surface area contributed by atoms with Gasteiger partial charge in [-0.15, -0.1) is 0 Å². The number of aromatic nitrogens is 3. The Morgan fingerprint density at radius 1 is 0.966 bits per heavy atom. The Morgan fingerprint density at radius 2 is 1.71 bits per heavy atom. The standard InChI is InChI=1S/C45H53FN6O6/c1-27-31(21-35(46)37-22-41(58-4)32(23-47-37)25-52-19-6-5-13-40(52)45(56)57)9-7-10-33(27)34-11-8-12-36(28(34)2)49-43(53)42-48-38-26-51(20-18-39(38)50(42)3)24-29-14-16-30(17-15-29)44(54)55/h7-12,21-23,29-30,40H,5-6,13-20,24-26H2,1-4H3,(H,49,53)(H,54,55)(H,56,57)/b35-21-/t29-,30-,40-/m0/s1. The van der Waals surface area contributed by atoms with Gasteiger partial charge in [0.1, 0.15) is 23.3 Å². The van der Waals surface area contributed by atoms with Crippen LogP contribution in [0.3, 0.4) is 0 Å². The fourth-order valence-electron chi connectivity index (χ4n) is 9.03. The summed E-state index contributed by atoms with van der Waals surface area (Å²) in [5, 5.41) is 22.2. The summed E-state index contributed by atoms with van der Waals surface area (Å²) in [5.41, 5.74) is 7.63. The minimum Gasteiger partial charge on any atom is -0.496 e. The number of imidazole rings is 1. The fraction of sp³-hybridized carbons (Fsp3) is 0.444. The van der Waals surface area contributed by atoms with Crippen LogP contribution in [-0.2, 0) is 36.1 Å². The molecular weight excluding hydrogens is 740 g/mol. The largest absolute Gasteiger partial charge is 0.496 e. The molecule has 4 heterocycles. The van der Waals surface area contributed by atoms with E-state index in [1.807, 2.05) is 66.8 Å². The van der Waals surface area contributed by atoms with Crippen molar-refractivity contribution in [1.29, 1.82) is 0 Å². The smallest absolute Gasteiger partial charge is 0.320 e. The molecule has 4 aromatic rings. The van der Waals surface area contributed by atoms with E-state index in [1.54, 1.807) is 12.3 Å². The number of amides is 1. The first-order valence-corrected chi connectivity index (χ1v) is 20.3. The van der Waals surface area contributed by atoms with Crippen molar-refractivity contribution in [3.63, 3.8) is 0 Å². The molecule has 2 aromatic heterocycles. The highest BCUT2D eigenvalue weighted by molar-refractivity contribution is 6.03. The summed E-state index contributed by atoms with van der Waals surface area (Å²) in [5.74, 6) is -1.30. The zero-order valence-corrected chi connectivity index (χ0v) is 33.8. The molecule has 1 saturated heterocycles. The number of benzene rings is 2. The number of rotatable bonds is 12. The van der Waals surface area contributed by atoms with E-state index < -0.39 is 23.8 Å². The van der Waals surface area contributed by atoms with E-state index in [2.05, 4.69) is 15.2 Å². The van der Waals surface area contributed by atoms with E-state index in [1.165, 1.54) is 13.2 Å². The van der Waals surface area contributed by atoms with Crippen molar-refractivity contribution in [2.75, 3.05) is 32.1 Å². The molecule has 0 unspecified atom stereocenters. The number of carboxylic acid groups (broad SMARTS) is 2. The molecule has 2 fully saturated rings. The van der Waals surface area contributed by atoms with Crippen molar-refractivity contribution < 1.29 is 33.7 Å². The number of pyridine rings is 1. The number of piperidine rings is 1. The summed E-state index contributed by atoms with van der Waals surface area (Å²) in [7, 11) is 3.40. The van der Waals surface area contributed by atoms with Gasteiger partial charge in [0.25, 0.3) is 5.91 Å². The summed E-state index contributed by atoms with van der Waals surface area (Å²) < 4.78 is 23.4. The van der Waals surface area contributed by atoms with Crippen molar-refractivity contribution in [1.82, 2.24) is 24.3 Å². The van der Waals surface area contributed by atoms with Crippen molar-refractivity contribution in [2.24, 2.45) is 18.9 Å². The Bertz CT molecular complexity index is 2230. The second-order valence-corrected chi connectivity index (χ2v) is 16.1. The van der Waals surface area contributed by atoms with Gasteiger partial charge >= 0.3 is 11.9 Å². The molecule has 58 heavy (non-hydrogen) atoms. The second kappa shape index (κ2) is 17.6. The van der Waals surface area contributed by atoms with Crippen molar-refractivity contribution in [2.45, 2.75) is 84.3 Å². The van der Waals surface area contributed by atoms with Gasteiger partial charge in [0.2, 0.25) is 0 Å². The third-order valence-electron chi connectivity index (χ3n) is 12.5. The average molecular weight is 793 g/mol. The number of aliphatic carboxylic acids is 2. The maximum absolute atomic E-state index is 15.9. The molecule has 0 radical (unpaired) electrons. The summed E-state index contributed by atoms with van der Waals surface area (Å²) in [4.78, 5) is 50.5. The van der Waals surface area contributed by atoms with Crippen LogP contribution >= 0.6 is 0 Å². The summed E-state index contributed by atoms with van der Waals surface area (Å²) >= 11 is 0. The number of nitrogens with zero attached hydrogens (tertiary/aromatic N) is 5. The lowest BCUT2D eigenvalue weighted by atomic mass is 9.81. The molecule has 3 N–H and O–H groups in total. The van der Waals surface area contributed by atoms with Crippen LogP contribution in [0.2, 0.25) is 0 Å². The molecule has 0 bridgehead atoms. The van der Waals surface area contributed by atoms with Crippen LogP contribution < -0.4 is 10.1 Å². The van der Waals surface area contributed by atoms with Crippen LogP contribution in [0, 0.1) is 25.7 Å². The summed E-state index contributed by atoms with van der Waals surface area (Å²) in [6.07, 6.45) is 9.50. The van der Waals surface area contributed by atoms with Crippen LogP contribution in [0.5, 0.6) is 5.75 Å². The number of carbonyl (C=O) groups excluding carboxylic acids is 1. The van der Waals surface area contributed by atoms with Gasteiger partial charge in [-0.2, -0.15) is 0 Å². The number of ether oxygens (including phenoxy) is 1. The molecule has 1 atom stereocenters. The number of carbonyl (C=O) groups is 3. The lowest BCUT2D eigenvalue weighted by Crippen LogP contribution is -2.44. The van der Waals surface area contributed by atoms with E-state index in [0.717, 1.165) is 91.7 Å². The summed E-state index contributed by atoms with van der Waals surface area (Å²) in [6, 6.07) is 12.4. The minimum atomic E-state index is -0.844. The van der Waals surface area contributed by atoms with Gasteiger partial charge in [-0.1, -0.05) is 36.8 Å². The Morgan fingerprint density at radius 3 is 2.43 bits per heavy atom. The third kappa shape index (κ3) is 8.70. The SMILES string of the molecule is COc1cc(/C(F)=C/c2cccc(-c3cccc(NC(=O)c4nc5c(n4C)CCN(C[C@H]4CC[C@H](C(=O)O)CC4)C5)c3C)c2C)ncc1CN1CCCC[C@H]1C(=O)O. The fourth-order valence-corrected chi connectivity index (χ4v) is 9.03. The number of methoxy groups -OCH3 is 1. The molecular formula is C45H53FN6O6. The zero-order valence-electron chi connectivity index (χ0n) is 33.8. The van der Waals surface area contributed by atoms with Gasteiger partial charge in [0.15, 0.2) is 5.82 Å². The molecule has 2 aliphatic heterocycles. The van der Waals surface area contributed by atoms with Crippen molar-refractivity contribution in [3.8, 4) is 16.9 Å². The number of hydrogen-bond donors (Lipinski definition) is 3. The highest BCUT2D eigenvalue weighted by atomic mass is 19.1. The highest BCUT2D eigenvalue weighted by Gasteiger charge is 2.31. The highest BCUT2D eigenvalue weighted by Crippen LogP contribution is 2.35. The predicted molar refractivity (Wildman–Crippen MR) is 220 cm³/mol. The molecule has 7 rings (SSSR count). The van der Waals surface area contributed by atoms with E-state index >= 15 is 4.39 Å². The first-order chi connectivity index (χ1) is 27.9. The number of fused-ring (bicyclic) bond motifs is 1. The van der Waals surface area contributed by atoms with Crippen molar-refractivity contribution in [3.05, 3.63) is 93.8 Å². The molecule has 2 aromatic carbocycles. The molecule has 306 valence electrons. The first-order valence-electron chi connectivity index (χ1n) is 20.3. The van der Waals surface area contributed by atoms with Crippen LogP contribution in [0.1, 0.15) is 94.9 Å². The van der Waals surface area contributed by atoms with Crippen LogP contribution in [-0.4, -0.2) is 85.2 Å². The Balaban J connectivity index is 1.04. The van der Waals surface area contributed by atoms with Gasteiger partial charge in [0, 0.05) is 68.9 Å². The van der Waals surface area contributed by atoms with Gasteiger partial charge in [-0.3, -0.25) is 29.2 Å². The first kappa shape index (κ1) is 40.8. The molecule has 1 saturated carbocycles. The number of halogens is 1. The molecule has 1 amide bonds. The number of anilines is 1.